The van der Waals surface area contributed by atoms with E-state index in [4.69, 9.17) is 9.47 Å². The Labute approximate surface area is 141 Å². The molecule has 2 aromatic carbocycles. The lowest BCUT2D eigenvalue weighted by molar-refractivity contribution is 0.0601. The normalized spacial score (nSPS) is 10.7. The number of nitrogens with zero attached hydrogens (tertiary/aromatic N) is 2. The monoisotopic (exact) mass is 374 g/mol. The number of carbonyl (C=O) groups is 1. The molecule has 0 aliphatic rings. The van der Waals surface area contributed by atoms with Gasteiger partial charge in [0.05, 0.1) is 38.0 Å². The largest absolute Gasteiger partial charge is 0.496 e. The Kier molecular flexibility index (Phi) is 4.34. The van der Waals surface area contributed by atoms with Crippen molar-refractivity contribution in [2.75, 3.05) is 14.2 Å². The first-order valence-electron chi connectivity index (χ1n) is 6.98. The number of fused-ring (bicyclic) bond motifs is 1. The molecule has 0 N–H and O–H groups in total. The second-order valence-corrected chi connectivity index (χ2v) is 5.94. The number of esters is 1. The van der Waals surface area contributed by atoms with Gasteiger partial charge in [0, 0.05) is 15.4 Å². The Morgan fingerprint density at radius 3 is 2.78 bits per heavy atom. The molecule has 3 rings (SSSR count). The average Bonchev–Trinajstić information content (AvgIpc) is 2.96. The van der Waals surface area contributed by atoms with Crippen molar-refractivity contribution in [2.45, 2.75) is 6.54 Å². The Morgan fingerprint density at radius 1 is 1.22 bits per heavy atom. The summed E-state index contributed by atoms with van der Waals surface area (Å²) in [6, 6.07) is 11.3. The van der Waals surface area contributed by atoms with Crippen LogP contribution < -0.4 is 4.74 Å². The van der Waals surface area contributed by atoms with E-state index >= 15 is 0 Å². The fourth-order valence-corrected chi connectivity index (χ4v) is 2.90. The molecule has 1 heterocycles. The third-order valence-corrected chi connectivity index (χ3v) is 4.12. The van der Waals surface area contributed by atoms with Crippen LogP contribution in [0.5, 0.6) is 5.75 Å². The van der Waals surface area contributed by atoms with Crippen molar-refractivity contribution in [1.29, 1.82) is 0 Å². The van der Waals surface area contributed by atoms with Gasteiger partial charge in [0.1, 0.15) is 5.75 Å². The van der Waals surface area contributed by atoms with Crippen LogP contribution in [0.4, 0.5) is 0 Å². The highest BCUT2D eigenvalue weighted by atomic mass is 79.9. The average molecular weight is 375 g/mol. The Hall–Kier alpha value is -2.34. The molecule has 0 aliphatic carbocycles. The third-order valence-electron chi connectivity index (χ3n) is 3.63. The maximum atomic E-state index is 11.6. The standard InChI is InChI=1S/C17H15BrN2O3/c1-22-16-6-4-14(18)8-13(16)10-20-15-5-3-11(17(21)23-2)7-12(15)9-19-20/h3-9H,10H2,1-2H3. The van der Waals surface area contributed by atoms with Gasteiger partial charge < -0.3 is 9.47 Å². The summed E-state index contributed by atoms with van der Waals surface area (Å²) in [6.45, 7) is 0.573. The lowest BCUT2D eigenvalue weighted by Gasteiger charge is -2.10. The van der Waals surface area contributed by atoms with Crippen LogP contribution in [-0.2, 0) is 11.3 Å². The zero-order valence-corrected chi connectivity index (χ0v) is 14.3. The molecule has 6 heteroatoms. The van der Waals surface area contributed by atoms with Crippen LogP contribution in [0.25, 0.3) is 10.9 Å². The van der Waals surface area contributed by atoms with Crippen molar-refractivity contribution in [1.82, 2.24) is 9.78 Å². The highest BCUT2D eigenvalue weighted by Crippen LogP contribution is 2.25. The summed E-state index contributed by atoms with van der Waals surface area (Å²) in [7, 11) is 3.02. The van der Waals surface area contributed by atoms with Gasteiger partial charge in [-0.05, 0) is 36.4 Å². The van der Waals surface area contributed by atoms with Crippen LogP contribution in [0.15, 0.2) is 47.1 Å². The number of benzene rings is 2. The molecule has 0 fully saturated rings. The van der Waals surface area contributed by atoms with E-state index in [9.17, 15) is 4.79 Å². The van der Waals surface area contributed by atoms with Crippen LogP contribution in [0.1, 0.15) is 15.9 Å². The maximum absolute atomic E-state index is 11.6. The molecule has 0 saturated heterocycles. The summed E-state index contributed by atoms with van der Waals surface area (Å²) in [6.07, 6.45) is 1.74. The fraction of sp³-hybridized carbons (Fsp3) is 0.176. The van der Waals surface area contributed by atoms with Gasteiger partial charge in [-0.15, -0.1) is 0 Å². The summed E-state index contributed by atoms with van der Waals surface area (Å²) >= 11 is 3.48. The third kappa shape index (κ3) is 3.07. The van der Waals surface area contributed by atoms with Crippen LogP contribution in [-0.4, -0.2) is 30.0 Å². The predicted octanol–water partition coefficient (Wildman–Crippen LogP) is 3.64. The van der Waals surface area contributed by atoms with Crippen molar-refractivity contribution in [3.05, 3.63) is 58.2 Å². The van der Waals surface area contributed by atoms with E-state index in [-0.39, 0.29) is 5.97 Å². The van der Waals surface area contributed by atoms with E-state index in [0.717, 1.165) is 26.7 Å². The molecule has 0 saturated carbocycles. The molecule has 0 aliphatic heterocycles. The molecule has 0 unspecified atom stereocenters. The number of hydrogen-bond acceptors (Lipinski definition) is 4. The zero-order chi connectivity index (χ0) is 16.4. The molecule has 23 heavy (non-hydrogen) atoms. The molecule has 3 aromatic rings. The first-order valence-corrected chi connectivity index (χ1v) is 7.78. The SMILES string of the molecule is COC(=O)c1ccc2c(cnn2Cc2cc(Br)ccc2OC)c1. The second-order valence-electron chi connectivity index (χ2n) is 5.02. The van der Waals surface area contributed by atoms with Gasteiger partial charge >= 0.3 is 5.97 Å². The zero-order valence-electron chi connectivity index (χ0n) is 12.7. The van der Waals surface area contributed by atoms with Crippen LogP contribution in [0, 0.1) is 0 Å². The minimum Gasteiger partial charge on any atom is -0.496 e. The smallest absolute Gasteiger partial charge is 0.337 e. The van der Waals surface area contributed by atoms with Gasteiger partial charge in [0.2, 0.25) is 0 Å². The number of carbonyl (C=O) groups excluding carboxylic acids is 1. The molecule has 0 bridgehead atoms. The molecule has 0 spiro atoms. The van der Waals surface area contributed by atoms with Gasteiger partial charge in [-0.2, -0.15) is 5.10 Å². The van der Waals surface area contributed by atoms with Gasteiger partial charge in [0.15, 0.2) is 0 Å². The second kappa shape index (κ2) is 6.42. The molecular formula is C17H15BrN2O3. The fourth-order valence-electron chi connectivity index (χ4n) is 2.49. The Balaban J connectivity index is 1.98. The number of methoxy groups -OCH3 is 2. The Bertz CT molecular complexity index is 873. The molecular weight excluding hydrogens is 360 g/mol. The van der Waals surface area contributed by atoms with Crippen molar-refractivity contribution in [3.63, 3.8) is 0 Å². The molecule has 0 atom stereocenters. The maximum Gasteiger partial charge on any atom is 0.337 e. The topological polar surface area (TPSA) is 53.3 Å². The number of aromatic nitrogens is 2. The van der Waals surface area contributed by atoms with Crippen molar-refractivity contribution >= 4 is 32.8 Å². The minimum atomic E-state index is -0.353. The van der Waals surface area contributed by atoms with Crippen LogP contribution in [0.2, 0.25) is 0 Å². The molecule has 5 nitrogen and oxygen atoms in total. The summed E-state index contributed by atoms with van der Waals surface area (Å²) in [5, 5.41) is 5.31. The van der Waals surface area contributed by atoms with E-state index in [0.29, 0.717) is 12.1 Å². The molecule has 0 radical (unpaired) electrons. The van der Waals surface area contributed by atoms with Gasteiger partial charge in [-0.25, -0.2) is 4.79 Å². The summed E-state index contributed by atoms with van der Waals surface area (Å²) < 4.78 is 13.0. The van der Waals surface area contributed by atoms with E-state index in [1.165, 1.54) is 7.11 Å². The molecule has 118 valence electrons. The lowest BCUT2D eigenvalue weighted by Crippen LogP contribution is -2.04. The number of halogens is 1. The van der Waals surface area contributed by atoms with Gasteiger partial charge in [0.25, 0.3) is 0 Å². The predicted molar refractivity (Wildman–Crippen MR) is 90.9 cm³/mol. The quantitative estimate of drug-likeness (QED) is 0.654. The van der Waals surface area contributed by atoms with Gasteiger partial charge in [-0.3, -0.25) is 4.68 Å². The van der Waals surface area contributed by atoms with E-state index in [1.54, 1.807) is 25.4 Å². The van der Waals surface area contributed by atoms with Crippen molar-refractivity contribution in [3.8, 4) is 5.75 Å². The first-order chi connectivity index (χ1) is 11.1. The molecule has 1 aromatic heterocycles. The number of hydrogen-bond donors (Lipinski definition) is 0. The van der Waals surface area contributed by atoms with E-state index in [1.807, 2.05) is 28.9 Å². The first kappa shape index (κ1) is 15.6. The summed E-state index contributed by atoms with van der Waals surface area (Å²) in [5.41, 5.74) is 2.48. The summed E-state index contributed by atoms with van der Waals surface area (Å²) in [4.78, 5) is 11.6. The van der Waals surface area contributed by atoms with E-state index in [2.05, 4.69) is 21.0 Å². The number of ether oxygens (including phenoxy) is 2. The lowest BCUT2D eigenvalue weighted by atomic mass is 10.1. The highest BCUT2D eigenvalue weighted by Gasteiger charge is 2.11. The van der Waals surface area contributed by atoms with Crippen LogP contribution in [0.3, 0.4) is 0 Å². The highest BCUT2D eigenvalue weighted by molar-refractivity contribution is 9.10. The minimum absolute atomic E-state index is 0.353. The number of rotatable bonds is 4. The van der Waals surface area contributed by atoms with E-state index < -0.39 is 0 Å². The van der Waals surface area contributed by atoms with Crippen molar-refractivity contribution < 1.29 is 14.3 Å². The molecule has 0 amide bonds. The van der Waals surface area contributed by atoms with Gasteiger partial charge in [-0.1, -0.05) is 15.9 Å². The summed E-state index contributed by atoms with van der Waals surface area (Å²) in [5.74, 6) is 0.455. The Morgan fingerprint density at radius 2 is 2.04 bits per heavy atom. The van der Waals surface area contributed by atoms with Crippen LogP contribution >= 0.6 is 15.9 Å². The van der Waals surface area contributed by atoms with Crippen molar-refractivity contribution in [2.24, 2.45) is 0 Å².